The summed E-state index contributed by atoms with van der Waals surface area (Å²) in [5.74, 6) is -0.124. The molecule has 0 unspecified atom stereocenters. The maximum absolute atomic E-state index is 13.6. The molecule has 1 heterocycles. The molecule has 14 heavy (non-hydrogen) atoms. The third kappa shape index (κ3) is 1.92. The van der Waals surface area contributed by atoms with Crippen LogP contribution in [0.4, 0.5) is 10.1 Å². The maximum Gasteiger partial charge on any atom is 0.147 e. The van der Waals surface area contributed by atoms with Gasteiger partial charge in [-0.25, -0.2) is 4.39 Å². The highest BCUT2D eigenvalue weighted by Crippen LogP contribution is 2.30. The molecule has 3 heteroatoms. The van der Waals surface area contributed by atoms with Crippen molar-refractivity contribution in [3.8, 4) is 0 Å². The van der Waals surface area contributed by atoms with E-state index in [0.29, 0.717) is 0 Å². The lowest BCUT2D eigenvalue weighted by molar-refractivity contribution is 0.556. The average molecular weight is 258 g/mol. The van der Waals surface area contributed by atoms with E-state index in [-0.39, 0.29) is 5.82 Å². The number of piperidine rings is 1. The number of para-hydroxylation sites is 1. The maximum atomic E-state index is 13.6. The molecule has 1 aliphatic heterocycles. The lowest BCUT2D eigenvalue weighted by Crippen LogP contribution is -2.30. The summed E-state index contributed by atoms with van der Waals surface area (Å²) in [5.41, 5.74) is 0.729. The quantitative estimate of drug-likeness (QED) is 0.744. The number of benzene rings is 1. The minimum Gasteiger partial charge on any atom is -0.368 e. The number of hydrogen-bond donors (Lipinski definition) is 0. The topological polar surface area (TPSA) is 3.24 Å². The van der Waals surface area contributed by atoms with Gasteiger partial charge in [0, 0.05) is 17.6 Å². The SMILES string of the molecule is Fc1cccc(Br)c1N1CCCCC1. The second-order valence-corrected chi connectivity index (χ2v) is 4.47. The predicted octanol–water partition coefficient (Wildman–Crippen LogP) is 3.58. The lowest BCUT2D eigenvalue weighted by Gasteiger charge is -2.29. The van der Waals surface area contributed by atoms with E-state index in [4.69, 9.17) is 0 Å². The fraction of sp³-hybridized carbons (Fsp3) is 0.455. The Kier molecular flexibility index (Phi) is 3.06. The first-order valence-corrected chi connectivity index (χ1v) is 5.77. The fourth-order valence-electron chi connectivity index (χ4n) is 1.91. The molecule has 0 amide bonds. The van der Waals surface area contributed by atoms with Crippen molar-refractivity contribution in [2.75, 3.05) is 18.0 Å². The van der Waals surface area contributed by atoms with E-state index < -0.39 is 0 Å². The molecule has 0 N–H and O–H groups in total. The van der Waals surface area contributed by atoms with Gasteiger partial charge in [0.1, 0.15) is 5.82 Å². The summed E-state index contributed by atoms with van der Waals surface area (Å²) in [6.45, 7) is 1.94. The van der Waals surface area contributed by atoms with Crippen LogP contribution in [0.3, 0.4) is 0 Å². The van der Waals surface area contributed by atoms with Gasteiger partial charge >= 0.3 is 0 Å². The van der Waals surface area contributed by atoms with E-state index in [2.05, 4.69) is 20.8 Å². The molecule has 1 aromatic rings. The highest BCUT2D eigenvalue weighted by Gasteiger charge is 2.16. The minimum absolute atomic E-state index is 0.124. The van der Waals surface area contributed by atoms with Crippen molar-refractivity contribution in [1.29, 1.82) is 0 Å². The monoisotopic (exact) mass is 257 g/mol. The molecule has 0 saturated carbocycles. The summed E-state index contributed by atoms with van der Waals surface area (Å²) in [6.07, 6.45) is 3.60. The summed E-state index contributed by atoms with van der Waals surface area (Å²) < 4.78 is 14.4. The van der Waals surface area contributed by atoms with Gasteiger partial charge < -0.3 is 4.90 Å². The number of anilines is 1. The third-order valence-corrected chi connectivity index (χ3v) is 3.25. The summed E-state index contributed by atoms with van der Waals surface area (Å²) in [5, 5.41) is 0. The van der Waals surface area contributed by atoms with Crippen LogP contribution in [0.15, 0.2) is 22.7 Å². The number of halogens is 2. The van der Waals surface area contributed by atoms with Crippen LogP contribution in [0, 0.1) is 5.82 Å². The minimum atomic E-state index is -0.124. The van der Waals surface area contributed by atoms with Crippen molar-refractivity contribution >= 4 is 21.6 Å². The number of rotatable bonds is 1. The predicted molar refractivity (Wildman–Crippen MR) is 60.2 cm³/mol. The molecule has 0 bridgehead atoms. The van der Waals surface area contributed by atoms with Crippen molar-refractivity contribution < 1.29 is 4.39 Å². The molecule has 1 nitrogen and oxygen atoms in total. The van der Waals surface area contributed by atoms with Gasteiger partial charge in [-0.05, 0) is 47.3 Å². The summed E-state index contributed by atoms with van der Waals surface area (Å²) >= 11 is 3.40. The smallest absolute Gasteiger partial charge is 0.147 e. The van der Waals surface area contributed by atoms with E-state index >= 15 is 0 Å². The summed E-state index contributed by atoms with van der Waals surface area (Å²) in [7, 11) is 0. The van der Waals surface area contributed by atoms with E-state index in [1.807, 2.05) is 6.07 Å². The van der Waals surface area contributed by atoms with Crippen molar-refractivity contribution in [2.45, 2.75) is 19.3 Å². The molecule has 1 fully saturated rings. The molecule has 1 aliphatic rings. The molecule has 0 spiro atoms. The number of nitrogens with zero attached hydrogens (tertiary/aromatic N) is 1. The molecule has 2 rings (SSSR count). The van der Waals surface area contributed by atoms with Gasteiger partial charge in [-0.15, -0.1) is 0 Å². The third-order valence-electron chi connectivity index (χ3n) is 2.61. The van der Waals surface area contributed by atoms with Crippen molar-refractivity contribution in [3.63, 3.8) is 0 Å². The van der Waals surface area contributed by atoms with E-state index in [1.54, 1.807) is 6.07 Å². The molecule has 76 valence electrons. The fourth-order valence-corrected chi connectivity index (χ4v) is 2.50. The number of hydrogen-bond acceptors (Lipinski definition) is 1. The Labute approximate surface area is 92.0 Å². The van der Waals surface area contributed by atoms with E-state index in [9.17, 15) is 4.39 Å². The van der Waals surface area contributed by atoms with Crippen LogP contribution >= 0.6 is 15.9 Å². The van der Waals surface area contributed by atoms with Crippen molar-refractivity contribution in [3.05, 3.63) is 28.5 Å². The Morgan fingerprint density at radius 1 is 1.14 bits per heavy atom. The molecular formula is C11H13BrFN. The standard InChI is InChI=1S/C11H13BrFN/c12-9-5-4-6-10(13)11(9)14-7-2-1-3-8-14/h4-6H,1-3,7-8H2. The zero-order valence-corrected chi connectivity index (χ0v) is 9.56. The Morgan fingerprint density at radius 2 is 1.86 bits per heavy atom. The molecule has 0 radical (unpaired) electrons. The Balaban J connectivity index is 2.29. The van der Waals surface area contributed by atoms with E-state index in [1.165, 1.54) is 25.3 Å². The van der Waals surface area contributed by atoms with Crippen LogP contribution in [0.5, 0.6) is 0 Å². The second-order valence-electron chi connectivity index (χ2n) is 3.62. The zero-order valence-electron chi connectivity index (χ0n) is 7.97. The van der Waals surface area contributed by atoms with Gasteiger partial charge in [-0.3, -0.25) is 0 Å². The summed E-state index contributed by atoms with van der Waals surface area (Å²) in [4.78, 5) is 2.13. The normalized spacial score (nSPS) is 17.1. The van der Waals surface area contributed by atoms with Gasteiger partial charge in [0.15, 0.2) is 0 Å². The molecule has 0 aliphatic carbocycles. The van der Waals surface area contributed by atoms with Crippen LogP contribution in [0.2, 0.25) is 0 Å². The van der Waals surface area contributed by atoms with Gasteiger partial charge in [-0.2, -0.15) is 0 Å². The highest BCUT2D eigenvalue weighted by atomic mass is 79.9. The van der Waals surface area contributed by atoms with Gasteiger partial charge in [0.05, 0.1) is 5.69 Å². The average Bonchev–Trinajstić information content (AvgIpc) is 2.19. The molecule has 0 aromatic heterocycles. The lowest BCUT2D eigenvalue weighted by atomic mass is 10.1. The highest BCUT2D eigenvalue weighted by molar-refractivity contribution is 9.10. The zero-order chi connectivity index (χ0) is 9.97. The first kappa shape index (κ1) is 9.97. The Morgan fingerprint density at radius 3 is 2.50 bits per heavy atom. The Hall–Kier alpha value is -0.570. The van der Waals surface area contributed by atoms with Crippen LogP contribution in [-0.2, 0) is 0 Å². The first-order valence-electron chi connectivity index (χ1n) is 4.98. The van der Waals surface area contributed by atoms with Crippen LogP contribution in [-0.4, -0.2) is 13.1 Å². The van der Waals surface area contributed by atoms with E-state index in [0.717, 1.165) is 23.2 Å². The molecule has 1 saturated heterocycles. The van der Waals surface area contributed by atoms with Crippen LogP contribution in [0.1, 0.15) is 19.3 Å². The molecule has 1 aromatic carbocycles. The Bertz CT molecular complexity index is 301. The van der Waals surface area contributed by atoms with Crippen LogP contribution < -0.4 is 4.90 Å². The van der Waals surface area contributed by atoms with Gasteiger partial charge in [-0.1, -0.05) is 6.07 Å². The summed E-state index contributed by atoms with van der Waals surface area (Å²) in [6, 6.07) is 5.15. The van der Waals surface area contributed by atoms with Gasteiger partial charge in [0.2, 0.25) is 0 Å². The largest absolute Gasteiger partial charge is 0.368 e. The second kappa shape index (κ2) is 4.30. The van der Waals surface area contributed by atoms with Crippen LogP contribution in [0.25, 0.3) is 0 Å². The van der Waals surface area contributed by atoms with Crippen molar-refractivity contribution in [1.82, 2.24) is 0 Å². The molecular weight excluding hydrogens is 245 g/mol. The van der Waals surface area contributed by atoms with Gasteiger partial charge in [0.25, 0.3) is 0 Å². The molecule has 0 atom stereocenters. The first-order chi connectivity index (χ1) is 6.79. The van der Waals surface area contributed by atoms with Crippen molar-refractivity contribution in [2.24, 2.45) is 0 Å².